The number of rotatable bonds is 5. The molecule has 1 aromatic carbocycles. The van der Waals surface area contributed by atoms with Crippen molar-refractivity contribution in [1.82, 2.24) is 20.2 Å². The molecule has 2 heterocycles. The molecule has 2 N–H and O–H groups in total. The minimum Gasteiger partial charge on any atom is -0.349 e. The average Bonchev–Trinajstić information content (AvgIpc) is 2.62. The maximum absolute atomic E-state index is 13.7. The fraction of sp³-hybridized carbons (Fsp3) is 0.0667. The third-order valence-corrected chi connectivity index (χ3v) is 3.06. The van der Waals surface area contributed by atoms with Crippen LogP contribution in [-0.4, -0.2) is 20.2 Å². The zero-order chi connectivity index (χ0) is 16.9. The average molecular weight is 332 g/mol. The van der Waals surface area contributed by atoms with Gasteiger partial charge in [-0.25, -0.2) is 13.2 Å². The van der Waals surface area contributed by atoms with Crippen molar-refractivity contribution in [2.24, 2.45) is 0 Å². The molecule has 0 fully saturated rings. The maximum atomic E-state index is 13.7. The molecule has 0 amide bonds. The van der Waals surface area contributed by atoms with Crippen molar-refractivity contribution in [2.45, 2.75) is 6.54 Å². The minimum atomic E-state index is -1.56. The molecule has 122 valence electrons. The lowest BCUT2D eigenvalue weighted by atomic mass is 10.3. The number of pyridine rings is 1. The van der Waals surface area contributed by atoms with Crippen molar-refractivity contribution in [3.05, 3.63) is 65.9 Å². The molecule has 2 aromatic heterocycles. The highest BCUT2D eigenvalue weighted by atomic mass is 19.2. The van der Waals surface area contributed by atoms with Gasteiger partial charge in [0.05, 0.1) is 11.9 Å². The molecular formula is C15H11F3N6. The molecule has 3 aromatic rings. The molecule has 0 bridgehead atoms. The molecule has 0 aliphatic heterocycles. The summed E-state index contributed by atoms with van der Waals surface area (Å²) in [5, 5.41) is 13.0. The van der Waals surface area contributed by atoms with E-state index >= 15 is 0 Å². The number of hydrogen-bond acceptors (Lipinski definition) is 6. The van der Waals surface area contributed by atoms with Crippen LogP contribution < -0.4 is 10.6 Å². The Hall–Kier alpha value is -3.23. The Bertz CT molecular complexity index is 844. The monoisotopic (exact) mass is 332 g/mol. The van der Waals surface area contributed by atoms with Gasteiger partial charge in [-0.15, -0.1) is 5.10 Å². The highest BCUT2D eigenvalue weighted by molar-refractivity contribution is 5.57. The molecule has 9 heteroatoms. The van der Waals surface area contributed by atoms with E-state index in [2.05, 4.69) is 30.8 Å². The van der Waals surface area contributed by atoms with Crippen molar-refractivity contribution in [3.8, 4) is 0 Å². The Balaban J connectivity index is 1.73. The number of halogens is 3. The van der Waals surface area contributed by atoms with E-state index in [1.54, 1.807) is 12.4 Å². The second-order valence-electron chi connectivity index (χ2n) is 4.72. The molecule has 0 unspecified atom stereocenters. The molecule has 0 aliphatic rings. The largest absolute Gasteiger partial charge is 0.349 e. The lowest BCUT2D eigenvalue weighted by Gasteiger charge is -2.09. The number of anilines is 3. The zero-order valence-electron chi connectivity index (χ0n) is 12.2. The lowest BCUT2D eigenvalue weighted by molar-refractivity contribution is 0.449. The third kappa shape index (κ3) is 3.57. The van der Waals surface area contributed by atoms with Crippen LogP contribution in [0.25, 0.3) is 0 Å². The SMILES string of the molecule is Fc1ccc(Nc2cnnc(NCc3ccncc3)n2)c(F)c1F. The second kappa shape index (κ2) is 6.90. The highest BCUT2D eigenvalue weighted by Gasteiger charge is 2.14. The Morgan fingerprint density at radius 1 is 0.958 bits per heavy atom. The van der Waals surface area contributed by atoms with Gasteiger partial charge in [-0.05, 0) is 29.8 Å². The van der Waals surface area contributed by atoms with Crippen LogP contribution >= 0.6 is 0 Å². The Kier molecular flexibility index (Phi) is 4.50. The first-order chi connectivity index (χ1) is 11.6. The number of nitrogens with zero attached hydrogens (tertiary/aromatic N) is 4. The van der Waals surface area contributed by atoms with Gasteiger partial charge in [-0.2, -0.15) is 10.1 Å². The van der Waals surface area contributed by atoms with Crippen molar-refractivity contribution in [2.75, 3.05) is 10.6 Å². The van der Waals surface area contributed by atoms with Crippen LogP contribution in [0, 0.1) is 17.5 Å². The highest BCUT2D eigenvalue weighted by Crippen LogP contribution is 2.22. The molecule has 0 atom stereocenters. The quantitative estimate of drug-likeness (QED) is 0.700. The predicted octanol–water partition coefficient (Wildman–Crippen LogP) is 3.04. The van der Waals surface area contributed by atoms with E-state index < -0.39 is 17.5 Å². The van der Waals surface area contributed by atoms with E-state index in [9.17, 15) is 13.2 Å². The van der Waals surface area contributed by atoms with Gasteiger partial charge in [-0.3, -0.25) is 4.98 Å². The van der Waals surface area contributed by atoms with Crippen molar-refractivity contribution in [1.29, 1.82) is 0 Å². The standard InChI is InChI=1S/C15H11F3N6/c16-10-1-2-11(14(18)13(10)17)22-12-8-21-24-15(23-12)20-7-9-3-5-19-6-4-9/h1-6,8H,7H2,(H2,20,22,23,24). The lowest BCUT2D eigenvalue weighted by Crippen LogP contribution is -2.07. The van der Waals surface area contributed by atoms with E-state index in [4.69, 9.17) is 0 Å². The van der Waals surface area contributed by atoms with Crippen molar-refractivity contribution < 1.29 is 13.2 Å². The Morgan fingerprint density at radius 3 is 2.54 bits per heavy atom. The first kappa shape index (κ1) is 15.7. The minimum absolute atomic E-state index is 0.132. The van der Waals surface area contributed by atoms with Crippen LogP contribution in [-0.2, 0) is 6.54 Å². The number of nitrogens with one attached hydrogen (secondary N) is 2. The molecule has 6 nitrogen and oxygen atoms in total. The summed E-state index contributed by atoms with van der Waals surface area (Å²) in [7, 11) is 0. The Morgan fingerprint density at radius 2 is 1.75 bits per heavy atom. The molecule has 3 rings (SSSR count). The first-order valence-electron chi connectivity index (χ1n) is 6.86. The number of aromatic nitrogens is 4. The zero-order valence-corrected chi connectivity index (χ0v) is 12.2. The summed E-state index contributed by atoms with van der Waals surface area (Å²) < 4.78 is 39.8. The van der Waals surface area contributed by atoms with E-state index in [1.165, 1.54) is 6.20 Å². The molecule has 0 radical (unpaired) electrons. The van der Waals surface area contributed by atoms with Crippen LogP contribution in [0.4, 0.5) is 30.6 Å². The number of benzene rings is 1. The first-order valence-corrected chi connectivity index (χ1v) is 6.86. The van der Waals surface area contributed by atoms with Gasteiger partial charge in [0.1, 0.15) is 0 Å². The fourth-order valence-corrected chi connectivity index (χ4v) is 1.88. The molecule has 24 heavy (non-hydrogen) atoms. The van der Waals surface area contributed by atoms with Crippen LogP contribution in [0.15, 0.2) is 42.9 Å². The van der Waals surface area contributed by atoms with Crippen molar-refractivity contribution in [3.63, 3.8) is 0 Å². The van der Waals surface area contributed by atoms with Gasteiger partial charge in [0.2, 0.25) is 5.95 Å². The van der Waals surface area contributed by atoms with Crippen LogP contribution in [0.5, 0.6) is 0 Å². The molecule has 0 saturated carbocycles. The van der Waals surface area contributed by atoms with Gasteiger partial charge >= 0.3 is 0 Å². The van der Waals surface area contributed by atoms with E-state index in [0.717, 1.165) is 17.7 Å². The fourth-order valence-electron chi connectivity index (χ4n) is 1.88. The van der Waals surface area contributed by atoms with Gasteiger partial charge in [0, 0.05) is 18.9 Å². The summed E-state index contributed by atoms with van der Waals surface area (Å²) in [6.07, 6.45) is 4.54. The van der Waals surface area contributed by atoms with Crippen molar-refractivity contribution >= 4 is 17.5 Å². The molecule has 0 aliphatic carbocycles. The Labute approximate surface area is 134 Å². The molecule has 0 spiro atoms. The number of hydrogen-bond donors (Lipinski definition) is 2. The predicted molar refractivity (Wildman–Crippen MR) is 81.0 cm³/mol. The summed E-state index contributed by atoms with van der Waals surface area (Å²) in [4.78, 5) is 7.99. The maximum Gasteiger partial charge on any atom is 0.244 e. The van der Waals surface area contributed by atoms with Crippen LogP contribution in [0.2, 0.25) is 0 Å². The molecule has 0 saturated heterocycles. The summed E-state index contributed by atoms with van der Waals surface area (Å²) in [5.41, 5.74) is 0.702. The molecular weight excluding hydrogens is 321 g/mol. The van der Waals surface area contributed by atoms with Gasteiger partial charge < -0.3 is 10.6 Å². The normalized spacial score (nSPS) is 10.5. The van der Waals surface area contributed by atoms with Gasteiger partial charge in [0.15, 0.2) is 23.3 Å². The van der Waals surface area contributed by atoms with Gasteiger partial charge in [-0.1, -0.05) is 0 Å². The summed E-state index contributed by atoms with van der Waals surface area (Å²) >= 11 is 0. The van der Waals surface area contributed by atoms with Gasteiger partial charge in [0.25, 0.3) is 0 Å². The topological polar surface area (TPSA) is 75.6 Å². The smallest absolute Gasteiger partial charge is 0.244 e. The van der Waals surface area contributed by atoms with E-state index in [1.807, 2.05) is 12.1 Å². The van der Waals surface area contributed by atoms with E-state index in [-0.39, 0.29) is 17.5 Å². The summed E-state index contributed by atoms with van der Waals surface area (Å²) in [5.74, 6) is -3.83. The van der Waals surface area contributed by atoms with Crippen LogP contribution in [0.3, 0.4) is 0 Å². The van der Waals surface area contributed by atoms with Crippen LogP contribution in [0.1, 0.15) is 5.56 Å². The summed E-state index contributed by atoms with van der Waals surface area (Å²) in [6, 6.07) is 5.52. The van der Waals surface area contributed by atoms with E-state index in [0.29, 0.717) is 6.54 Å². The third-order valence-electron chi connectivity index (χ3n) is 3.06. The summed E-state index contributed by atoms with van der Waals surface area (Å²) in [6.45, 7) is 0.438. The second-order valence-corrected chi connectivity index (χ2v) is 4.72.